The number of nitrogens with one attached hydrogen (secondary N) is 2. The molecular weight excluding hydrogens is 241 g/mol. The molecule has 0 aliphatic rings. The Morgan fingerprint density at radius 2 is 2.28 bits per heavy atom. The standard InChI is InChI=1S/C10H10FN5O2/c1-2-8-14-10(18-16-8)15-9(17)13-7-3-6(11)4-12-5-7/h3-5H,2H2,1H3,(H2,13,14,15,16,17). The van der Waals surface area contributed by atoms with E-state index in [4.69, 9.17) is 4.52 Å². The van der Waals surface area contributed by atoms with Crippen molar-refractivity contribution in [2.24, 2.45) is 0 Å². The molecule has 0 aromatic carbocycles. The van der Waals surface area contributed by atoms with E-state index < -0.39 is 11.8 Å². The zero-order valence-corrected chi connectivity index (χ0v) is 9.48. The first-order valence-electron chi connectivity index (χ1n) is 5.18. The Bertz CT molecular complexity index is 557. The van der Waals surface area contributed by atoms with Gasteiger partial charge in [-0.05, 0) is 0 Å². The van der Waals surface area contributed by atoms with E-state index in [9.17, 15) is 9.18 Å². The zero-order valence-electron chi connectivity index (χ0n) is 9.48. The largest absolute Gasteiger partial charge is 0.329 e. The fraction of sp³-hybridized carbons (Fsp3) is 0.200. The fourth-order valence-corrected chi connectivity index (χ4v) is 1.19. The number of pyridine rings is 1. The summed E-state index contributed by atoms with van der Waals surface area (Å²) in [6.45, 7) is 1.85. The minimum atomic E-state index is -0.617. The predicted octanol–water partition coefficient (Wildman–Crippen LogP) is 1.81. The maximum Gasteiger partial charge on any atom is 0.329 e. The number of amides is 2. The van der Waals surface area contributed by atoms with Crippen LogP contribution in [0.25, 0.3) is 0 Å². The molecule has 0 bridgehead atoms. The van der Waals surface area contributed by atoms with Crippen molar-refractivity contribution < 1.29 is 13.7 Å². The molecule has 2 rings (SSSR count). The second-order valence-electron chi connectivity index (χ2n) is 3.34. The lowest BCUT2D eigenvalue weighted by atomic mass is 10.4. The Kier molecular flexibility index (Phi) is 3.46. The molecule has 0 radical (unpaired) electrons. The third-order valence-electron chi connectivity index (χ3n) is 1.97. The molecule has 0 aliphatic heterocycles. The lowest BCUT2D eigenvalue weighted by molar-refractivity contribution is 0.261. The number of nitrogens with zero attached hydrogens (tertiary/aromatic N) is 3. The lowest BCUT2D eigenvalue weighted by Crippen LogP contribution is -2.19. The van der Waals surface area contributed by atoms with Gasteiger partial charge in [-0.25, -0.2) is 9.18 Å². The van der Waals surface area contributed by atoms with Crippen molar-refractivity contribution in [3.05, 3.63) is 30.1 Å². The number of carbonyl (C=O) groups is 1. The van der Waals surface area contributed by atoms with Crippen molar-refractivity contribution in [3.8, 4) is 0 Å². The molecule has 0 unspecified atom stereocenters. The molecule has 0 spiro atoms. The SMILES string of the molecule is CCc1noc(NC(=O)Nc2cncc(F)c2)n1. The second kappa shape index (κ2) is 5.21. The van der Waals surface area contributed by atoms with E-state index >= 15 is 0 Å². The van der Waals surface area contributed by atoms with Crippen molar-refractivity contribution >= 4 is 17.7 Å². The van der Waals surface area contributed by atoms with Gasteiger partial charge in [-0.1, -0.05) is 12.1 Å². The van der Waals surface area contributed by atoms with Crippen LogP contribution in [0.1, 0.15) is 12.7 Å². The number of aromatic nitrogens is 3. The van der Waals surface area contributed by atoms with Gasteiger partial charge in [0.2, 0.25) is 0 Å². The fourth-order valence-electron chi connectivity index (χ4n) is 1.19. The number of halogens is 1. The summed E-state index contributed by atoms with van der Waals surface area (Å²) in [7, 11) is 0. The van der Waals surface area contributed by atoms with Crippen LogP contribution in [0.5, 0.6) is 0 Å². The molecule has 0 atom stereocenters. The maximum atomic E-state index is 12.8. The van der Waals surface area contributed by atoms with Crippen molar-refractivity contribution in [1.29, 1.82) is 0 Å². The van der Waals surface area contributed by atoms with Gasteiger partial charge in [0.25, 0.3) is 0 Å². The molecule has 0 aliphatic carbocycles. The molecule has 2 amide bonds. The number of hydrogen-bond donors (Lipinski definition) is 2. The van der Waals surface area contributed by atoms with E-state index in [1.54, 1.807) is 0 Å². The molecule has 94 valence electrons. The predicted molar refractivity (Wildman–Crippen MR) is 60.5 cm³/mol. The van der Waals surface area contributed by atoms with E-state index in [0.717, 1.165) is 12.3 Å². The second-order valence-corrected chi connectivity index (χ2v) is 3.34. The summed E-state index contributed by atoms with van der Waals surface area (Å²) in [5.41, 5.74) is 0.225. The highest BCUT2D eigenvalue weighted by atomic mass is 19.1. The summed E-state index contributed by atoms with van der Waals surface area (Å²) < 4.78 is 17.6. The van der Waals surface area contributed by atoms with E-state index in [2.05, 4.69) is 25.8 Å². The van der Waals surface area contributed by atoms with Gasteiger partial charge in [0.05, 0.1) is 18.1 Å². The Morgan fingerprint density at radius 3 is 2.94 bits per heavy atom. The first-order chi connectivity index (χ1) is 8.67. The first-order valence-corrected chi connectivity index (χ1v) is 5.18. The topological polar surface area (TPSA) is 92.9 Å². The van der Waals surface area contributed by atoms with Gasteiger partial charge in [0.15, 0.2) is 5.82 Å². The molecule has 2 N–H and O–H groups in total. The van der Waals surface area contributed by atoms with Crippen molar-refractivity contribution in [3.63, 3.8) is 0 Å². The van der Waals surface area contributed by atoms with E-state index in [-0.39, 0.29) is 11.7 Å². The van der Waals surface area contributed by atoms with Crippen LogP contribution in [0.15, 0.2) is 23.0 Å². The number of anilines is 2. The molecule has 2 heterocycles. The smallest absolute Gasteiger partial charge is 0.315 e. The Balaban J connectivity index is 1.96. The molecule has 0 fully saturated rings. The number of hydrogen-bond acceptors (Lipinski definition) is 5. The summed E-state index contributed by atoms with van der Waals surface area (Å²) in [6.07, 6.45) is 2.95. The normalized spacial score (nSPS) is 10.1. The quantitative estimate of drug-likeness (QED) is 0.867. The minimum Gasteiger partial charge on any atom is -0.315 e. The maximum absolute atomic E-state index is 12.8. The molecule has 2 aromatic heterocycles. The van der Waals surface area contributed by atoms with Crippen LogP contribution < -0.4 is 10.6 Å². The third kappa shape index (κ3) is 3.00. The summed E-state index contributed by atoms with van der Waals surface area (Å²) >= 11 is 0. The molecule has 18 heavy (non-hydrogen) atoms. The minimum absolute atomic E-state index is 0.0197. The molecule has 8 heteroatoms. The lowest BCUT2D eigenvalue weighted by Gasteiger charge is -2.03. The van der Waals surface area contributed by atoms with Crippen LogP contribution in [0.4, 0.5) is 20.9 Å². The highest BCUT2D eigenvalue weighted by Crippen LogP contribution is 2.08. The van der Waals surface area contributed by atoms with Crippen LogP contribution in [0.2, 0.25) is 0 Å². The van der Waals surface area contributed by atoms with Crippen molar-refractivity contribution in [2.75, 3.05) is 10.6 Å². The van der Waals surface area contributed by atoms with Crippen LogP contribution in [0, 0.1) is 5.82 Å². The van der Waals surface area contributed by atoms with Gasteiger partial charge in [-0.2, -0.15) is 4.98 Å². The van der Waals surface area contributed by atoms with Crippen LogP contribution >= 0.6 is 0 Å². The number of aryl methyl sites for hydroxylation is 1. The molecule has 2 aromatic rings. The number of urea groups is 1. The van der Waals surface area contributed by atoms with Crippen LogP contribution in [0.3, 0.4) is 0 Å². The Hall–Kier alpha value is -2.51. The molecule has 7 nitrogen and oxygen atoms in total. The summed E-state index contributed by atoms with van der Waals surface area (Å²) in [4.78, 5) is 19.0. The molecule has 0 saturated carbocycles. The Morgan fingerprint density at radius 1 is 1.44 bits per heavy atom. The van der Waals surface area contributed by atoms with E-state index in [0.29, 0.717) is 12.2 Å². The average Bonchev–Trinajstić information content (AvgIpc) is 2.76. The monoisotopic (exact) mass is 251 g/mol. The number of rotatable bonds is 3. The summed E-state index contributed by atoms with van der Waals surface area (Å²) in [6, 6.07) is 0.500. The molecular formula is C10H10FN5O2. The van der Waals surface area contributed by atoms with Gasteiger partial charge in [-0.3, -0.25) is 10.3 Å². The molecule has 0 saturated heterocycles. The number of carbonyl (C=O) groups excluding carboxylic acids is 1. The van der Waals surface area contributed by atoms with Gasteiger partial charge >= 0.3 is 12.0 Å². The summed E-state index contributed by atoms with van der Waals surface area (Å²) in [5, 5.41) is 8.31. The van der Waals surface area contributed by atoms with E-state index in [1.165, 1.54) is 6.20 Å². The summed E-state index contributed by atoms with van der Waals surface area (Å²) in [5.74, 6) is -0.0587. The van der Waals surface area contributed by atoms with Gasteiger partial charge in [0.1, 0.15) is 5.82 Å². The van der Waals surface area contributed by atoms with Crippen molar-refractivity contribution in [1.82, 2.24) is 15.1 Å². The van der Waals surface area contributed by atoms with E-state index in [1.807, 2.05) is 6.92 Å². The zero-order chi connectivity index (χ0) is 13.0. The van der Waals surface area contributed by atoms with Crippen LogP contribution in [-0.4, -0.2) is 21.2 Å². The first kappa shape index (κ1) is 12.0. The van der Waals surface area contributed by atoms with Crippen LogP contribution in [-0.2, 0) is 6.42 Å². The average molecular weight is 251 g/mol. The van der Waals surface area contributed by atoms with Gasteiger partial charge in [0, 0.05) is 12.5 Å². The third-order valence-corrected chi connectivity index (χ3v) is 1.97. The highest BCUT2D eigenvalue weighted by Gasteiger charge is 2.09. The van der Waals surface area contributed by atoms with Gasteiger partial charge < -0.3 is 9.84 Å². The van der Waals surface area contributed by atoms with Crippen molar-refractivity contribution in [2.45, 2.75) is 13.3 Å². The Labute approximate surface area is 101 Å². The van der Waals surface area contributed by atoms with Gasteiger partial charge in [-0.15, -0.1) is 0 Å². The highest BCUT2D eigenvalue weighted by molar-refractivity contribution is 5.98.